The van der Waals surface area contributed by atoms with E-state index in [2.05, 4.69) is 37.9 Å². The van der Waals surface area contributed by atoms with Crippen LogP contribution in [0, 0.1) is 17.2 Å². The normalized spacial score (nSPS) is 12.0. The van der Waals surface area contributed by atoms with E-state index in [1.807, 2.05) is 30.3 Å². The zero-order chi connectivity index (χ0) is 44.2. The molecule has 12 heteroatoms. The van der Waals surface area contributed by atoms with Crippen molar-refractivity contribution in [2.24, 2.45) is 5.92 Å². The van der Waals surface area contributed by atoms with Crippen molar-refractivity contribution in [3.05, 3.63) is 107 Å². The summed E-state index contributed by atoms with van der Waals surface area (Å²) in [5.41, 5.74) is 2.93. The van der Waals surface area contributed by atoms with E-state index < -0.39 is 5.41 Å². The van der Waals surface area contributed by atoms with Gasteiger partial charge in [-0.25, -0.2) is 0 Å². The molecule has 4 rings (SSSR count). The van der Waals surface area contributed by atoms with Gasteiger partial charge in [-0.05, 0) is 122 Å². The number of aromatic hydroxyl groups is 2. The third-order valence-electron chi connectivity index (χ3n) is 10.1. The highest BCUT2D eigenvalue weighted by molar-refractivity contribution is 6.10. The van der Waals surface area contributed by atoms with E-state index in [9.17, 15) is 25.1 Å². The van der Waals surface area contributed by atoms with Crippen LogP contribution in [0.4, 0.5) is 0 Å². The maximum atomic E-state index is 11.9. The molecule has 0 heterocycles. The van der Waals surface area contributed by atoms with Gasteiger partial charge >= 0.3 is 0 Å². The molecule has 0 amide bonds. The number of nitrogens with zero attached hydrogens (tertiary/aromatic N) is 2. The number of phenols is 2. The maximum absolute atomic E-state index is 11.9. The number of allylic oxidation sites excluding steroid dienone is 2. The van der Waals surface area contributed by atoms with Gasteiger partial charge < -0.3 is 43.5 Å². The number of methoxy groups -OCH3 is 6. The lowest BCUT2D eigenvalue weighted by atomic mass is 9.69. The molecule has 0 radical (unpaired) electrons. The average molecular weight is 823 g/mol. The number of likely N-dealkylation sites (N-methyl/N-ethyl adjacent to an activating group) is 1. The number of carbonyl (C=O) groups excluding carboxylic acids is 2. The second kappa shape index (κ2) is 23.8. The maximum Gasteiger partial charge on any atom is 0.163 e. The number of ether oxygens (including phenoxy) is 6. The van der Waals surface area contributed by atoms with Crippen molar-refractivity contribution in [2.75, 3.05) is 62.8 Å². The Morgan fingerprint density at radius 3 is 1.62 bits per heavy atom. The quantitative estimate of drug-likeness (QED) is 0.0612. The fourth-order valence-corrected chi connectivity index (χ4v) is 6.49. The molecule has 0 saturated carbocycles. The van der Waals surface area contributed by atoms with Gasteiger partial charge in [0.1, 0.15) is 0 Å². The smallest absolute Gasteiger partial charge is 0.163 e. The van der Waals surface area contributed by atoms with Crippen molar-refractivity contribution in [1.82, 2.24) is 4.90 Å². The first-order chi connectivity index (χ1) is 28.8. The first-order valence-corrected chi connectivity index (χ1v) is 19.5. The standard InChI is InChI=1S/C27H38N2O4.C21H20O6/c1-20(2)27(19-28,22-10-12-24(31-5)26(18-22)33-7)14-8-15-29(3)16-13-21-9-11-23(30-4)25(17-21)32-6;1-26-20-11-14(5-9-18(20)24)3-7-16(22)13-17(23)8-4-15-6-10-19(25)21(12-15)27-2/h9-12,17-18,20H,8,13-16H2,1-7H3;3-12,24-25H,13H2,1-2H3/b;7-3+,8-4+. The van der Waals surface area contributed by atoms with Crippen LogP contribution in [0.15, 0.2) is 84.9 Å². The Morgan fingerprint density at radius 2 is 1.15 bits per heavy atom. The van der Waals surface area contributed by atoms with Crippen molar-refractivity contribution in [2.45, 2.75) is 44.9 Å². The minimum atomic E-state index is -0.580. The molecular weight excluding hydrogens is 765 g/mol. The number of benzene rings is 4. The van der Waals surface area contributed by atoms with Gasteiger partial charge in [-0.1, -0.05) is 50.3 Å². The van der Waals surface area contributed by atoms with E-state index in [0.29, 0.717) is 34.1 Å². The molecule has 0 fully saturated rings. The summed E-state index contributed by atoms with van der Waals surface area (Å²) >= 11 is 0. The summed E-state index contributed by atoms with van der Waals surface area (Å²) in [5, 5.41) is 29.3. The Kier molecular flexibility index (Phi) is 19.0. The van der Waals surface area contributed by atoms with Gasteiger partial charge in [-0.2, -0.15) is 5.26 Å². The van der Waals surface area contributed by atoms with Crippen LogP contribution in [0.3, 0.4) is 0 Å². The van der Waals surface area contributed by atoms with E-state index >= 15 is 0 Å². The van der Waals surface area contributed by atoms with Gasteiger partial charge in [-0.15, -0.1) is 0 Å². The topological polar surface area (TPSA) is 157 Å². The Morgan fingerprint density at radius 1 is 0.667 bits per heavy atom. The fourth-order valence-electron chi connectivity index (χ4n) is 6.49. The van der Waals surface area contributed by atoms with Crippen LogP contribution >= 0.6 is 0 Å². The summed E-state index contributed by atoms with van der Waals surface area (Å²) < 4.78 is 31.6. The van der Waals surface area contributed by atoms with E-state index in [-0.39, 0.29) is 35.4 Å². The van der Waals surface area contributed by atoms with Crippen LogP contribution < -0.4 is 28.4 Å². The van der Waals surface area contributed by atoms with Crippen LogP contribution in [0.5, 0.6) is 46.0 Å². The second-order valence-corrected chi connectivity index (χ2v) is 14.3. The molecule has 1 unspecified atom stereocenters. The molecule has 0 saturated heterocycles. The van der Waals surface area contributed by atoms with Crippen molar-refractivity contribution >= 4 is 23.7 Å². The highest BCUT2D eigenvalue weighted by Crippen LogP contribution is 2.40. The predicted octanol–water partition coefficient (Wildman–Crippen LogP) is 8.46. The molecule has 0 aromatic heterocycles. The predicted molar refractivity (Wildman–Crippen MR) is 234 cm³/mol. The summed E-state index contributed by atoms with van der Waals surface area (Å²) in [6.45, 7) is 6.06. The highest BCUT2D eigenvalue weighted by atomic mass is 16.5. The lowest BCUT2D eigenvalue weighted by molar-refractivity contribution is -0.121. The van der Waals surface area contributed by atoms with Crippen LogP contribution in [-0.2, 0) is 21.4 Å². The summed E-state index contributed by atoms with van der Waals surface area (Å²) in [4.78, 5) is 26.2. The molecule has 2 N–H and O–H groups in total. The largest absolute Gasteiger partial charge is 0.504 e. The third kappa shape index (κ3) is 13.6. The molecule has 0 aliphatic carbocycles. The number of nitriles is 1. The lowest BCUT2D eigenvalue weighted by Gasteiger charge is -2.32. The van der Waals surface area contributed by atoms with Gasteiger partial charge in [0.2, 0.25) is 0 Å². The highest BCUT2D eigenvalue weighted by Gasteiger charge is 2.36. The summed E-state index contributed by atoms with van der Waals surface area (Å²) in [7, 11) is 11.5. The molecule has 4 aromatic rings. The zero-order valence-corrected chi connectivity index (χ0v) is 36.1. The number of rotatable bonds is 21. The van der Waals surface area contributed by atoms with Gasteiger partial charge in [0, 0.05) is 6.54 Å². The van der Waals surface area contributed by atoms with Crippen molar-refractivity contribution < 1.29 is 48.2 Å². The monoisotopic (exact) mass is 822 g/mol. The fraction of sp³-hybridized carbons (Fsp3) is 0.354. The molecule has 0 spiro atoms. The third-order valence-corrected chi connectivity index (χ3v) is 10.1. The Balaban J connectivity index is 0.000000327. The minimum Gasteiger partial charge on any atom is -0.504 e. The lowest BCUT2D eigenvalue weighted by Crippen LogP contribution is -2.32. The van der Waals surface area contributed by atoms with Gasteiger partial charge in [0.05, 0.1) is 60.6 Å². The van der Waals surface area contributed by atoms with Gasteiger partial charge in [-0.3, -0.25) is 9.59 Å². The van der Waals surface area contributed by atoms with E-state index in [1.54, 1.807) is 64.9 Å². The number of hydrogen-bond acceptors (Lipinski definition) is 12. The SMILES string of the molecule is COc1cc(/C=C/C(=O)CC(=O)/C=C/c2ccc(O)c(OC)c2)ccc1O.COc1ccc(CCN(C)CCCC(C#N)(c2ccc(OC)c(OC)c2)C(C)C)cc1OC. The Hall–Kier alpha value is -6.45. The van der Waals surface area contributed by atoms with E-state index in [1.165, 1.54) is 44.1 Å². The van der Waals surface area contributed by atoms with E-state index in [4.69, 9.17) is 28.4 Å². The van der Waals surface area contributed by atoms with Crippen LogP contribution in [0.25, 0.3) is 12.2 Å². The summed E-state index contributed by atoms with van der Waals surface area (Å²) in [5.74, 6) is 2.90. The van der Waals surface area contributed by atoms with Gasteiger partial charge in [0.15, 0.2) is 57.6 Å². The van der Waals surface area contributed by atoms with Crippen molar-refractivity contribution in [1.29, 1.82) is 5.26 Å². The molecule has 0 aliphatic heterocycles. The van der Waals surface area contributed by atoms with Crippen molar-refractivity contribution in [3.8, 4) is 52.1 Å². The van der Waals surface area contributed by atoms with Gasteiger partial charge in [0.25, 0.3) is 0 Å². The Labute approximate surface area is 354 Å². The molecular formula is C48H58N2O10. The molecule has 320 valence electrons. The van der Waals surface area contributed by atoms with Crippen LogP contribution in [-0.4, -0.2) is 89.5 Å². The van der Waals surface area contributed by atoms with E-state index in [0.717, 1.165) is 49.4 Å². The molecule has 12 nitrogen and oxygen atoms in total. The molecule has 4 aromatic carbocycles. The first kappa shape index (κ1) is 47.9. The first-order valence-electron chi connectivity index (χ1n) is 19.5. The summed E-state index contributed by atoms with van der Waals surface area (Å²) in [6.07, 6.45) is 8.05. The number of ketones is 2. The van der Waals surface area contributed by atoms with Crippen molar-refractivity contribution in [3.63, 3.8) is 0 Å². The second-order valence-electron chi connectivity index (χ2n) is 14.3. The van der Waals surface area contributed by atoms with Crippen LogP contribution in [0.1, 0.15) is 55.4 Å². The Bertz CT molecular complexity index is 2060. The number of carbonyl (C=O) groups is 2. The number of hydrogen-bond donors (Lipinski definition) is 2. The average Bonchev–Trinajstić information content (AvgIpc) is 3.26. The zero-order valence-electron chi connectivity index (χ0n) is 36.1. The summed E-state index contributed by atoms with van der Waals surface area (Å²) in [6, 6.07) is 23.9. The molecule has 1 atom stereocenters. The molecule has 0 aliphatic rings. The number of phenolic OH excluding ortho intramolecular Hbond substituents is 2. The molecule has 0 bridgehead atoms. The minimum absolute atomic E-state index is 0.00662. The molecule has 60 heavy (non-hydrogen) atoms. The van der Waals surface area contributed by atoms with Crippen LogP contribution in [0.2, 0.25) is 0 Å².